The zero-order chi connectivity index (χ0) is 20.2. The van der Waals surface area contributed by atoms with E-state index in [9.17, 15) is 18.7 Å². The molecule has 0 bridgehead atoms. The maximum absolute atomic E-state index is 13.9. The molecule has 2 aromatic heterocycles. The zero-order valence-electron chi connectivity index (χ0n) is 15.6. The molecule has 0 radical (unpaired) electrons. The first-order valence-electron chi connectivity index (χ1n) is 9.61. The quantitative estimate of drug-likeness (QED) is 0.606. The van der Waals surface area contributed by atoms with E-state index >= 15 is 0 Å². The van der Waals surface area contributed by atoms with Crippen LogP contribution in [0.2, 0.25) is 0 Å². The topological polar surface area (TPSA) is 81.2 Å². The van der Waals surface area contributed by atoms with E-state index in [1.807, 2.05) is 0 Å². The number of nitrogens with zero attached hydrogens (tertiary/aromatic N) is 2. The van der Waals surface area contributed by atoms with Crippen molar-refractivity contribution in [1.82, 2.24) is 14.9 Å². The van der Waals surface area contributed by atoms with E-state index < -0.39 is 11.6 Å². The number of rotatable bonds is 4. The van der Waals surface area contributed by atoms with Crippen LogP contribution in [0, 0.1) is 11.6 Å². The molecule has 3 heterocycles. The van der Waals surface area contributed by atoms with Crippen molar-refractivity contribution in [2.45, 2.75) is 37.8 Å². The maximum atomic E-state index is 13.9. The van der Waals surface area contributed by atoms with Gasteiger partial charge in [0.05, 0.1) is 29.9 Å². The predicted octanol–water partition coefficient (Wildman–Crippen LogP) is 3.43. The van der Waals surface area contributed by atoms with Crippen molar-refractivity contribution in [2.24, 2.45) is 0 Å². The number of amides is 1. The number of aliphatic hydroxyl groups is 1. The number of carbonyl (C=O) groups is 1. The molecule has 0 atom stereocenters. The minimum absolute atomic E-state index is 0.0827. The van der Waals surface area contributed by atoms with Gasteiger partial charge in [0.15, 0.2) is 5.13 Å². The second-order valence-electron chi connectivity index (χ2n) is 7.81. The van der Waals surface area contributed by atoms with Gasteiger partial charge in [-0.25, -0.2) is 13.8 Å². The third-order valence-corrected chi connectivity index (χ3v) is 6.88. The molecule has 2 aliphatic rings. The van der Waals surface area contributed by atoms with Crippen LogP contribution >= 0.6 is 11.3 Å². The Bertz CT molecular complexity index is 1100. The molecule has 1 saturated carbocycles. The van der Waals surface area contributed by atoms with E-state index in [1.54, 1.807) is 4.90 Å². The number of benzene rings is 1. The number of halogens is 2. The number of aliphatic hydroxyl groups excluding tert-OH is 1. The molecule has 0 saturated heterocycles. The summed E-state index contributed by atoms with van der Waals surface area (Å²) in [6, 6.07) is 3.43. The van der Waals surface area contributed by atoms with Crippen molar-refractivity contribution < 1.29 is 18.7 Å². The number of aromatic nitrogens is 2. The van der Waals surface area contributed by atoms with E-state index in [2.05, 4.69) is 15.3 Å². The molecule has 0 unspecified atom stereocenters. The highest BCUT2D eigenvalue weighted by Gasteiger charge is 2.37. The van der Waals surface area contributed by atoms with E-state index in [0.29, 0.717) is 19.5 Å². The van der Waals surface area contributed by atoms with Gasteiger partial charge >= 0.3 is 0 Å². The smallest absolute Gasteiger partial charge is 0.270 e. The van der Waals surface area contributed by atoms with Crippen LogP contribution < -0.4 is 5.32 Å². The Balaban J connectivity index is 1.35. The van der Waals surface area contributed by atoms with Gasteiger partial charge < -0.3 is 20.3 Å². The van der Waals surface area contributed by atoms with E-state index in [1.165, 1.54) is 23.5 Å². The van der Waals surface area contributed by atoms with Crippen LogP contribution in [-0.2, 0) is 13.0 Å². The molecule has 1 aliphatic heterocycles. The van der Waals surface area contributed by atoms with Gasteiger partial charge in [-0.2, -0.15) is 0 Å². The highest BCUT2D eigenvalue weighted by molar-refractivity contribution is 7.15. The molecule has 5 rings (SSSR count). The molecule has 29 heavy (non-hydrogen) atoms. The molecular formula is C20H20F2N4O2S. The predicted molar refractivity (Wildman–Crippen MR) is 106 cm³/mol. The molecule has 9 heteroatoms. The van der Waals surface area contributed by atoms with Crippen LogP contribution in [0.3, 0.4) is 0 Å². The van der Waals surface area contributed by atoms with E-state index in [-0.39, 0.29) is 34.6 Å². The minimum atomic E-state index is -0.691. The van der Waals surface area contributed by atoms with Gasteiger partial charge in [0.2, 0.25) is 0 Å². The highest BCUT2D eigenvalue weighted by atomic mass is 32.1. The monoisotopic (exact) mass is 418 g/mol. The fraction of sp³-hybridized carbons (Fsp3) is 0.400. The summed E-state index contributed by atoms with van der Waals surface area (Å²) in [4.78, 5) is 23.1. The van der Waals surface area contributed by atoms with Gasteiger partial charge in [-0.15, -0.1) is 0 Å². The summed E-state index contributed by atoms with van der Waals surface area (Å²) in [6.45, 7) is 1.01. The van der Waals surface area contributed by atoms with Gasteiger partial charge in [-0.1, -0.05) is 11.3 Å². The third kappa shape index (κ3) is 3.18. The molecule has 152 valence electrons. The second-order valence-corrected chi connectivity index (χ2v) is 8.90. The average molecular weight is 418 g/mol. The lowest BCUT2D eigenvalue weighted by Gasteiger charge is -2.40. The van der Waals surface area contributed by atoms with Crippen LogP contribution in [0.4, 0.5) is 13.9 Å². The Morgan fingerprint density at radius 1 is 1.34 bits per heavy atom. The van der Waals surface area contributed by atoms with E-state index in [0.717, 1.165) is 41.0 Å². The Morgan fingerprint density at radius 3 is 2.90 bits per heavy atom. The van der Waals surface area contributed by atoms with Crippen molar-refractivity contribution in [3.63, 3.8) is 0 Å². The molecule has 6 nitrogen and oxygen atoms in total. The van der Waals surface area contributed by atoms with Gasteiger partial charge in [-0.3, -0.25) is 4.79 Å². The fourth-order valence-electron chi connectivity index (χ4n) is 4.02. The van der Waals surface area contributed by atoms with Crippen LogP contribution in [-0.4, -0.2) is 44.6 Å². The maximum Gasteiger partial charge on any atom is 0.270 e. The number of H-pyrrole nitrogens is 1. The minimum Gasteiger partial charge on any atom is -0.394 e. The third-order valence-electron chi connectivity index (χ3n) is 5.89. The Hall–Kier alpha value is -2.52. The highest BCUT2D eigenvalue weighted by Crippen LogP contribution is 2.37. The normalized spacial score (nSPS) is 17.8. The molecule has 1 aliphatic carbocycles. The first-order chi connectivity index (χ1) is 14.0. The summed E-state index contributed by atoms with van der Waals surface area (Å²) >= 11 is 1.51. The van der Waals surface area contributed by atoms with Crippen molar-refractivity contribution in [3.05, 3.63) is 46.1 Å². The number of nitrogens with one attached hydrogen (secondary N) is 2. The van der Waals surface area contributed by atoms with Gasteiger partial charge in [0.1, 0.15) is 17.3 Å². The summed E-state index contributed by atoms with van der Waals surface area (Å²) < 4.78 is 27.4. The van der Waals surface area contributed by atoms with Crippen molar-refractivity contribution >= 4 is 33.3 Å². The first kappa shape index (κ1) is 18.5. The molecule has 0 spiro atoms. The number of fused-ring (bicyclic) bond motifs is 2. The van der Waals surface area contributed by atoms with Crippen molar-refractivity contribution in [2.75, 3.05) is 18.5 Å². The van der Waals surface area contributed by atoms with E-state index in [4.69, 9.17) is 0 Å². The molecule has 1 fully saturated rings. The SMILES string of the molecule is O=C(c1cc2c(F)cc(F)cc2[nH]1)N1CCc2nc(NC3(CO)CCC3)sc2C1. The standard InChI is InChI=1S/C20H20F2N4O2S/c21-11-6-13(22)12-8-16(23-15(12)7-11)18(28)26-5-2-14-17(9-26)29-19(24-14)25-20(10-27)3-1-4-20/h6-8,23,27H,1-5,9-10H2,(H,24,25). The molecule has 3 aromatic rings. The van der Waals surface area contributed by atoms with Gasteiger partial charge in [-0.05, 0) is 31.4 Å². The Morgan fingerprint density at radius 2 is 2.17 bits per heavy atom. The summed E-state index contributed by atoms with van der Waals surface area (Å²) in [7, 11) is 0. The fourth-order valence-corrected chi connectivity index (χ4v) is 5.16. The summed E-state index contributed by atoms with van der Waals surface area (Å²) in [5.74, 6) is -1.63. The largest absolute Gasteiger partial charge is 0.394 e. The van der Waals surface area contributed by atoms with Crippen LogP contribution in [0.5, 0.6) is 0 Å². The van der Waals surface area contributed by atoms with Gasteiger partial charge in [0, 0.05) is 29.3 Å². The number of hydrogen-bond donors (Lipinski definition) is 3. The first-order valence-corrected chi connectivity index (χ1v) is 10.4. The van der Waals surface area contributed by atoms with Crippen molar-refractivity contribution in [1.29, 1.82) is 0 Å². The van der Waals surface area contributed by atoms with Crippen LogP contribution in [0.15, 0.2) is 18.2 Å². The Labute approximate surface area is 169 Å². The summed E-state index contributed by atoms with van der Waals surface area (Å²) in [5.41, 5.74) is 1.21. The lowest BCUT2D eigenvalue weighted by molar-refractivity contribution is 0.0731. The average Bonchev–Trinajstić information content (AvgIpc) is 3.27. The number of aromatic amines is 1. The Kier molecular flexibility index (Phi) is 4.32. The number of carbonyl (C=O) groups excluding carboxylic acids is 1. The summed E-state index contributed by atoms with van der Waals surface area (Å²) in [5, 5.41) is 14.0. The van der Waals surface area contributed by atoms with Crippen LogP contribution in [0.1, 0.15) is 40.3 Å². The summed E-state index contributed by atoms with van der Waals surface area (Å²) in [6.07, 6.45) is 3.58. The second kappa shape index (κ2) is 6.77. The lowest BCUT2D eigenvalue weighted by atomic mass is 9.77. The lowest BCUT2D eigenvalue weighted by Crippen LogP contribution is -2.48. The number of thiazole rings is 1. The van der Waals surface area contributed by atoms with Crippen LogP contribution in [0.25, 0.3) is 10.9 Å². The number of anilines is 1. The van der Waals surface area contributed by atoms with Gasteiger partial charge in [0.25, 0.3) is 5.91 Å². The molecule has 1 amide bonds. The molecule has 3 N–H and O–H groups in total. The number of hydrogen-bond acceptors (Lipinski definition) is 5. The van der Waals surface area contributed by atoms with Crippen molar-refractivity contribution in [3.8, 4) is 0 Å². The zero-order valence-corrected chi connectivity index (χ0v) is 16.4. The molecular weight excluding hydrogens is 398 g/mol. The molecule has 1 aromatic carbocycles.